The summed E-state index contributed by atoms with van der Waals surface area (Å²) >= 11 is 0. The Bertz CT molecular complexity index is 896. The molecule has 0 aromatic heterocycles. The summed E-state index contributed by atoms with van der Waals surface area (Å²) in [6.07, 6.45) is 17.6. The quantitative estimate of drug-likeness (QED) is 0.0905. The van der Waals surface area contributed by atoms with Crippen molar-refractivity contribution in [3.8, 4) is 5.75 Å². The van der Waals surface area contributed by atoms with Crippen molar-refractivity contribution in [1.82, 2.24) is 0 Å². The highest BCUT2D eigenvalue weighted by molar-refractivity contribution is 5.87. The Morgan fingerprint density at radius 1 is 0.806 bits per heavy atom. The lowest BCUT2D eigenvalue weighted by Crippen LogP contribution is -2.11. The van der Waals surface area contributed by atoms with Gasteiger partial charge in [-0.25, -0.2) is 4.79 Å². The molecule has 0 saturated heterocycles. The number of carbonyl (C=O) groups excluding carboxylic acids is 1. The molecule has 2 aromatic rings. The number of rotatable bonds is 18. The fourth-order valence-corrected chi connectivity index (χ4v) is 3.83. The lowest BCUT2D eigenvalue weighted by molar-refractivity contribution is -0.139. The fourth-order valence-electron chi connectivity index (χ4n) is 3.83. The van der Waals surface area contributed by atoms with Crippen LogP contribution in [0.15, 0.2) is 59.6 Å². The van der Waals surface area contributed by atoms with E-state index in [1.54, 1.807) is 6.08 Å². The van der Waals surface area contributed by atoms with Crippen molar-refractivity contribution in [3.63, 3.8) is 0 Å². The zero-order valence-electron chi connectivity index (χ0n) is 22.6. The van der Waals surface area contributed by atoms with Crippen LogP contribution in [0.25, 0.3) is 6.08 Å². The lowest BCUT2D eigenvalue weighted by atomic mass is 10.1. The van der Waals surface area contributed by atoms with E-state index in [0.717, 1.165) is 48.4 Å². The third kappa shape index (κ3) is 12.7. The number of hydrogen-bond donors (Lipinski definition) is 0. The molecule has 0 saturated carbocycles. The first-order valence-corrected chi connectivity index (χ1v) is 13.9. The molecule has 0 N–H and O–H groups in total. The Labute approximate surface area is 218 Å². The van der Waals surface area contributed by atoms with Crippen molar-refractivity contribution >= 4 is 23.9 Å². The van der Waals surface area contributed by atoms with E-state index in [1.165, 1.54) is 51.0 Å². The van der Waals surface area contributed by atoms with Gasteiger partial charge in [0.1, 0.15) is 5.75 Å². The predicted molar refractivity (Wildman–Crippen MR) is 152 cm³/mol. The van der Waals surface area contributed by atoms with Crippen molar-refractivity contribution < 1.29 is 14.3 Å². The molecule has 196 valence electrons. The van der Waals surface area contributed by atoms with Crippen molar-refractivity contribution in [2.24, 2.45) is 10.9 Å². The average molecular weight is 492 g/mol. The van der Waals surface area contributed by atoms with Crippen LogP contribution in [0.2, 0.25) is 0 Å². The second-order valence-electron chi connectivity index (χ2n) is 9.39. The summed E-state index contributed by atoms with van der Waals surface area (Å²) in [6, 6.07) is 15.8. The van der Waals surface area contributed by atoms with Crippen LogP contribution < -0.4 is 4.74 Å². The Morgan fingerprint density at radius 2 is 1.42 bits per heavy atom. The van der Waals surface area contributed by atoms with Gasteiger partial charge in [-0.05, 0) is 65.9 Å². The van der Waals surface area contributed by atoms with E-state index in [1.807, 2.05) is 54.7 Å². The van der Waals surface area contributed by atoms with Crippen molar-refractivity contribution in [2.45, 2.75) is 85.0 Å². The molecule has 2 aromatic carbocycles. The van der Waals surface area contributed by atoms with Gasteiger partial charge < -0.3 is 9.47 Å². The Morgan fingerprint density at radius 3 is 2.06 bits per heavy atom. The van der Waals surface area contributed by atoms with Crippen LogP contribution in [0.5, 0.6) is 5.75 Å². The van der Waals surface area contributed by atoms with E-state index in [4.69, 9.17) is 9.47 Å². The normalized spacial score (nSPS) is 11.6. The lowest BCUT2D eigenvalue weighted by Gasteiger charge is -2.11. The molecule has 0 fully saturated rings. The summed E-state index contributed by atoms with van der Waals surface area (Å²) in [5.41, 5.74) is 2.82. The molecule has 0 aliphatic carbocycles. The number of ether oxygens (including phenoxy) is 2. The number of hydrogen-bond acceptors (Lipinski definition) is 4. The molecule has 0 atom stereocenters. The molecular weight excluding hydrogens is 446 g/mol. The predicted octanol–water partition coefficient (Wildman–Crippen LogP) is 8.95. The summed E-state index contributed by atoms with van der Waals surface area (Å²) in [7, 11) is 0. The number of esters is 1. The molecule has 36 heavy (non-hydrogen) atoms. The minimum atomic E-state index is -0.297. The SMILES string of the molecule is CCCCCCCCCCOc1ccc(C=Nc2ccc(C=CC(=O)OCC(CC)CC)cc2)cc1. The van der Waals surface area contributed by atoms with E-state index in [2.05, 4.69) is 25.8 Å². The fraction of sp³-hybridized carbons (Fsp3) is 0.500. The van der Waals surface area contributed by atoms with E-state index in [-0.39, 0.29) is 5.97 Å². The van der Waals surface area contributed by atoms with Gasteiger partial charge in [0.05, 0.1) is 18.9 Å². The van der Waals surface area contributed by atoms with Crippen LogP contribution in [0.1, 0.15) is 96.1 Å². The minimum Gasteiger partial charge on any atom is -0.494 e. The van der Waals surface area contributed by atoms with Gasteiger partial charge in [-0.2, -0.15) is 0 Å². The van der Waals surface area contributed by atoms with E-state index >= 15 is 0 Å². The maximum Gasteiger partial charge on any atom is 0.330 e. The molecular formula is C32H45NO3. The van der Waals surface area contributed by atoms with Gasteiger partial charge in [0, 0.05) is 12.3 Å². The molecule has 0 bridgehead atoms. The van der Waals surface area contributed by atoms with Gasteiger partial charge in [-0.1, -0.05) is 90.7 Å². The summed E-state index contributed by atoms with van der Waals surface area (Å²) in [6.45, 7) is 7.75. The average Bonchev–Trinajstić information content (AvgIpc) is 2.91. The molecule has 0 spiro atoms. The Hall–Kier alpha value is -2.88. The van der Waals surface area contributed by atoms with Gasteiger partial charge in [-0.15, -0.1) is 0 Å². The van der Waals surface area contributed by atoms with Gasteiger partial charge in [0.2, 0.25) is 0 Å². The van der Waals surface area contributed by atoms with Gasteiger partial charge in [0.15, 0.2) is 0 Å². The third-order valence-corrected chi connectivity index (χ3v) is 6.43. The zero-order valence-corrected chi connectivity index (χ0v) is 22.6. The largest absolute Gasteiger partial charge is 0.494 e. The highest BCUT2D eigenvalue weighted by Gasteiger charge is 2.06. The smallest absolute Gasteiger partial charge is 0.330 e. The molecule has 0 aliphatic heterocycles. The monoisotopic (exact) mass is 491 g/mol. The minimum absolute atomic E-state index is 0.297. The van der Waals surface area contributed by atoms with Crippen molar-refractivity contribution in [1.29, 1.82) is 0 Å². The molecule has 0 aliphatic rings. The maximum absolute atomic E-state index is 11.9. The first kappa shape index (κ1) is 29.4. The molecule has 0 heterocycles. The first-order chi connectivity index (χ1) is 17.6. The van der Waals surface area contributed by atoms with Gasteiger partial charge >= 0.3 is 5.97 Å². The van der Waals surface area contributed by atoms with Crippen LogP contribution in [-0.2, 0) is 9.53 Å². The maximum atomic E-state index is 11.9. The Kier molecular flexibility index (Phi) is 15.0. The number of aliphatic imine (C=N–C) groups is 1. The summed E-state index contributed by atoms with van der Waals surface area (Å²) < 4.78 is 11.2. The molecule has 0 unspecified atom stereocenters. The second-order valence-corrected chi connectivity index (χ2v) is 9.39. The number of unbranched alkanes of at least 4 members (excludes halogenated alkanes) is 7. The van der Waals surface area contributed by atoms with Crippen molar-refractivity contribution in [3.05, 3.63) is 65.7 Å². The van der Waals surface area contributed by atoms with E-state index in [9.17, 15) is 4.79 Å². The van der Waals surface area contributed by atoms with Crippen LogP contribution in [0, 0.1) is 5.92 Å². The first-order valence-electron chi connectivity index (χ1n) is 13.9. The standard InChI is InChI=1S/C32H45NO3/c1-4-7-8-9-10-11-12-13-24-35-31-21-16-29(17-22-31)25-33-30-19-14-28(15-20-30)18-23-32(34)36-26-27(5-2)6-3/h14-23,25,27H,4-13,24,26H2,1-3H3. The van der Waals surface area contributed by atoms with Crippen molar-refractivity contribution in [2.75, 3.05) is 13.2 Å². The van der Waals surface area contributed by atoms with Crippen LogP contribution in [0.3, 0.4) is 0 Å². The van der Waals surface area contributed by atoms with Crippen LogP contribution in [-0.4, -0.2) is 25.4 Å². The highest BCUT2D eigenvalue weighted by atomic mass is 16.5. The van der Waals surface area contributed by atoms with Crippen LogP contribution >= 0.6 is 0 Å². The number of carbonyl (C=O) groups is 1. The highest BCUT2D eigenvalue weighted by Crippen LogP contribution is 2.16. The van der Waals surface area contributed by atoms with E-state index in [0.29, 0.717) is 12.5 Å². The third-order valence-electron chi connectivity index (χ3n) is 6.43. The van der Waals surface area contributed by atoms with Gasteiger partial charge in [-0.3, -0.25) is 4.99 Å². The molecule has 0 radical (unpaired) electrons. The number of benzene rings is 2. The zero-order chi connectivity index (χ0) is 25.8. The Balaban J connectivity index is 1.69. The molecule has 0 amide bonds. The summed E-state index contributed by atoms with van der Waals surface area (Å²) in [5.74, 6) is 1.04. The summed E-state index contributed by atoms with van der Waals surface area (Å²) in [5, 5.41) is 0. The topological polar surface area (TPSA) is 47.9 Å². The summed E-state index contributed by atoms with van der Waals surface area (Å²) in [4.78, 5) is 16.5. The van der Waals surface area contributed by atoms with Gasteiger partial charge in [0.25, 0.3) is 0 Å². The molecule has 4 heteroatoms. The van der Waals surface area contributed by atoms with Crippen LogP contribution in [0.4, 0.5) is 5.69 Å². The van der Waals surface area contributed by atoms with E-state index < -0.39 is 0 Å². The molecule has 4 nitrogen and oxygen atoms in total. The molecule has 2 rings (SSSR count). The second kappa shape index (κ2) is 18.4. The number of nitrogens with zero attached hydrogens (tertiary/aromatic N) is 1.